The zero-order valence-corrected chi connectivity index (χ0v) is 25.1. The van der Waals surface area contributed by atoms with E-state index in [1.54, 1.807) is 0 Å². The summed E-state index contributed by atoms with van der Waals surface area (Å²) in [5, 5.41) is 13.8. The summed E-state index contributed by atoms with van der Waals surface area (Å²) >= 11 is 11.3. The zero-order chi connectivity index (χ0) is 26.6. The molecule has 0 amide bonds. The molecule has 2 aromatic rings. The van der Waals surface area contributed by atoms with Crippen molar-refractivity contribution in [1.29, 1.82) is 0 Å². The van der Waals surface area contributed by atoms with Crippen molar-refractivity contribution in [2.75, 3.05) is 24.6 Å². The molecular formula is C26H40N4O2P2S2. The summed E-state index contributed by atoms with van der Waals surface area (Å²) in [7, 11) is -5.17. The van der Waals surface area contributed by atoms with Gasteiger partial charge in [0.25, 0.3) is 0 Å². The van der Waals surface area contributed by atoms with Crippen molar-refractivity contribution >= 4 is 49.2 Å². The minimum atomic E-state index is -2.59. The van der Waals surface area contributed by atoms with Crippen molar-refractivity contribution in [3.63, 3.8) is 0 Å². The van der Waals surface area contributed by atoms with Crippen LogP contribution >= 0.6 is 39.0 Å². The SMILES string of the molecule is CCP(=O)(CC)NC(=S)NC(Cc1ccccc1)C(Cc1ccccc1)NC(=S)NP(=O)(CC)CC. The number of rotatable bonds is 13. The van der Waals surface area contributed by atoms with Crippen LogP contribution in [0.15, 0.2) is 60.7 Å². The van der Waals surface area contributed by atoms with E-state index in [9.17, 15) is 9.13 Å². The van der Waals surface area contributed by atoms with Crippen LogP contribution in [0.4, 0.5) is 0 Å². The minimum absolute atomic E-state index is 0.183. The summed E-state index contributed by atoms with van der Waals surface area (Å²) in [6, 6.07) is 20.0. The van der Waals surface area contributed by atoms with Crippen LogP contribution in [0.1, 0.15) is 38.8 Å². The maximum atomic E-state index is 13.0. The van der Waals surface area contributed by atoms with Crippen LogP contribution in [0.25, 0.3) is 0 Å². The van der Waals surface area contributed by atoms with E-state index >= 15 is 0 Å². The second-order valence-corrected chi connectivity index (χ2v) is 16.2. The molecule has 2 rings (SSSR count). The largest absolute Gasteiger partial charge is 0.357 e. The Balaban J connectivity index is 2.36. The van der Waals surface area contributed by atoms with E-state index < -0.39 is 14.6 Å². The monoisotopic (exact) mass is 566 g/mol. The van der Waals surface area contributed by atoms with Crippen LogP contribution in [-0.4, -0.2) is 47.0 Å². The van der Waals surface area contributed by atoms with Gasteiger partial charge in [-0.2, -0.15) is 0 Å². The van der Waals surface area contributed by atoms with E-state index in [1.807, 2.05) is 64.1 Å². The lowest BCUT2D eigenvalue weighted by molar-refractivity contribution is 0.445. The summed E-state index contributed by atoms with van der Waals surface area (Å²) in [6.45, 7) is 7.63. The highest BCUT2D eigenvalue weighted by Crippen LogP contribution is 2.40. The average Bonchev–Trinajstić information content (AvgIpc) is 2.88. The first-order valence-corrected chi connectivity index (χ1v) is 17.5. The second-order valence-electron chi connectivity index (χ2n) is 8.81. The molecule has 2 aromatic carbocycles. The Morgan fingerprint density at radius 1 is 0.639 bits per heavy atom. The van der Waals surface area contributed by atoms with E-state index in [0.29, 0.717) is 47.7 Å². The molecular weight excluding hydrogens is 526 g/mol. The van der Waals surface area contributed by atoms with Gasteiger partial charge in [0.1, 0.15) is 0 Å². The number of nitrogens with one attached hydrogen (secondary N) is 4. The number of benzene rings is 2. The van der Waals surface area contributed by atoms with Crippen molar-refractivity contribution in [2.45, 2.75) is 52.6 Å². The highest BCUT2D eigenvalue weighted by Gasteiger charge is 2.27. The summed E-state index contributed by atoms with van der Waals surface area (Å²) in [5.41, 5.74) is 2.27. The number of hydrogen-bond donors (Lipinski definition) is 4. The molecule has 0 fully saturated rings. The van der Waals surface area contributed by atoms with Gasteiger partial charge in [0.2, 0.25) is 0 Å². The summed E-state index contributed by atoms with van der Waals surface area (Å²) in [4.78, 5) is 0. The van der Waals surface area contributed by atoms with E-state index in [0.717, 1.165) is 11.1 Å². The van der Waals surface area contributed by atoms with E-state index in [4.69, 9.17) is 24.4 Å². The lowest BCUT2D eigenvalue weighted by Crippen LogP contribution is -2.56. The molecule has 6 nitrogen and oxygen atoms in total. The molecule has 4 N–H and O–H groups in total. The van der Waals surface area contributed by atoms with Gasteiger partial charge >= 0.3 is 0 Å². The molecule has 0 saturated heterocycles. The molecule has 2 unspecified atom stereocenters. The van der Waals surface area contributed by atoms with Crippen molar-refractivity contribution < 1.29 is 9.13 Å². The number of thiocarbonyl (C=S) groups is 2. The van der Waals surface area contributed by atoms with E-state index in [-0.39, 0.29) is 12.1 Å². The summed E-state index contributed by atoms with van der Waals surface area (Å²) in [6.07, 6.45) is 3.43. The van der Waals surface area contributed by atoms with Gasteiger partial charge in [0, 0.05) is 24.6 Å². The Kier molecular flexibility index (Phi) is 12.6. The second kappa shape index (κ2) is 14.9. The van der Waals surface area contributed by atoms with Crippen LogP contribution in [0.3, 0.4) is 0 Å². The van der Waals surface area contributed by atoms with Gasteiger partial charge in [-0.3, -0.25) is 0 Å². The predicted octanol–water partition coefficient (Wildman–Crippen LogP) is 5.77. The van der Waals surface area contributed by atoms with Crippen LogP contribution in [0.2, 0.25) is 0 Å². The van der Waals surface area contributed by atoms with Crippen LogP contribution < -0.4 is 20.8 Å². The molecule has 198 valence electrons. The summed E-state index contributed by atoms with van der Waals surface area (Å²) < 4.78 is 26.1. The van der Waals surface area contributed by atoms with Crippen molar-refractivity contribution in [2.24, 2.45) is 0 Å². The highest BCUT2D eigenvalue weighted by molar-refractivity contribution is 7.81. The lowest BCUT2D eigenvalue weighted by Gasteiger charge is -2.33. The minimum Gasteiger partial charge on any atom is -0.357 e. The Bertz CT molecular complexity index is 969. The van der Waals surface area contributed by atoms with Gasteiger partial charge < -0.3 is 29.9 Å². The van der Waals surface area contributed by atoms with Crippen molar-refractivity contribution in [3.8, 4) is 0 Å². The van der Waals surface area contributed by atoms with Crippen LogP contribution in [-0.2, 0) is 22.0 Å². The van der Waals surface area contributed by atoms with E-state index in [1.165, 1.54) is 0 Å². The highest BCUT2D eigenvalue weighted by atomic mass is 32.1. The third-order valence-electron chi connectivity index (χ3n) is 6.37. The zero-order valence-electron chi connectivity index (χ0n) is 21.7. The molecule has 0 radical (unpaired) electrons. The molecule has 0 saturated carbocycles. The Morgan fingerprint density at radius 2 is 0.944 bits per heavy atom. The number of hydrogen-bond acceptors (Lipinski definition) is 4. The first-order valence-electron chi connectivity index (χ1n) is 12.6. The molecule has 0 bridgehead atoms. The molecule has 0 aromatic heterocycles. The molecule has 36 heavy (non-hydrogen) atoms. The fraction of sp³-hybridized carbons (Fsp3) is 0.462. The lowest BCUT2D eigenvalue weighted by atomic mass is 9.94. The third-order valence-corrected chi connectivity index (χ3v) is 12.5. The van der Waals surface area contributed by atoms with Gasteiger partial charge in [0.15, 0.2) is 24.8 Å². The quantitative estimate of drug-likeness (QED) is 0.180. The molecule has 2 atom stereocenters. The van der Waals surface area contributed by atoms with Gasteiger partial charge in [-0.05, 0) is 48.4 Å². The maximum absolute atomic E-state index is 13.0. The maximum Gasteiger partial charge on any atom is 0.172 e. The molecule has 0 spiro atoms. The Morgan fingerprint density at radius 3 is 1.22 bits per heavy atom. The van der Waals surface area contributed by atoms with Gasteiger partial charge in [-0.25, -0.2) is 0 Å². The van der Waals surface area contributed by atoms with Crippen LogP contribution in [0, 0.1) is 0 Å². The molecule has 0 aliphatic rings. The standard InChI is InChI=1S/C26H40N4O2P2S2/c1-5-33(31,6-2)29-25(35)27-23(19-21-15-11-9-12-16-21)24(20-22-17-13-10-14-18-22)28-26(36)30-34(32,7-3)8-4/h9-18,23-24H,5-8,19-20H2,1-4H3,(H2,27,29,31,35)(H2,28,30,32,36). The first-order chi connectivity index (χ1) is 17.2. The third kappa shape index (κ3) is 9.97. The molecule has 10 heteroatoms. The molecule has 0 heterocycles. The van der Waals surface area contributed by atoms with Crippen molar-refractivity contribution in [1.82, 2.24) is 20.8 Å². The predicted molar refractivity (Wildman–Crippen MR) is 163 cm³/mol. The Labute approximate surface area is 227 Å². The first kappa shape index (κ1) is 30.5. The average molecular weight is 567 g/mol. The van der Waals surface area contributed by atoms with Crippen LogP contribution in [0.5, 0.6) is 0 Å². The summed E-state index contributed by atoms with van der Waals surface area (Å²) in [5.74, 6) is 0. The molecule has 0 aliphatic carbocycles. The smallest absolute Gasteiger partial charge is 0.172 e. The van der Waals surface area contributed by atoms with Gasteiger partial charge in [0.05, 0.1) is 12.1 Å². The fourth-order valence-corrected chi connectivity index (χ4v) is 7.56. The molecule has 0 aliphatic heterocycles. The van der Waals surface area contributed by atoms with Crippen molar-refractivity contribution in [3.05, 3.63) is 71.8 Å². The van der Waals surface area contributed by atoms with Gasteiger partial charge in [-0.1, -0.05) is 88.4 Å². The fourth-order valence-electron chi connectivity index (χ4n) is 3.86. The normalized spacial score (nSPS) is 13.3. The Hall–Kier alpha value is -1.72. The van der Waals surface area contributed by atoms with Gasteiger partial charge in [-0.15, -0.1) is 0 Å². The topological polar surface area (TPSA) is 82.3 Å². The van der Waals surface area contributed by atoms with E-state index in [2.05, 4.69) is 45.1 Å².